The van der Waals surface area contributed by atoms with E-state index in [2.05, 4.69) is 53.6 Å². The molecule has 2 unspecified atom stereocenters. The lowest BCUT2D eigenvalue weighted by Gasteiger charge is -2.39. The molecule has 1 saturated heterocycles. The van der Waals surface area contributed by atoms with Crippen LogP contribution in [0.2, 0.25) is 0 Å². The molecule has 0 spiro atoms. The van der Waals surface area contributed by atoms with Crippen LogP contribution in [0.15, 0.2) is 48.2 Å². The van der Waals surface area contributed by atoms with Gasteiger partial charge < -0.3 is 16.4 Å². The van der Waals surface area contributed by atoms with Crippen LogP contribution in [0.5, 0.6) is 0 Å². The molecule has 2 aromatic rings. The van der Waals surface area contributed by atoms with Crippen LogP contribution >= 0.6 is 0 Å². The summed E-state index contributed by atoms with van der Waals surface area (Å²) in [6.07, 6.45) is 3.90. The van der Waals surface area contributed by atoms with Gasteiger partial charge in [0.05, 0.1) is 5.57 Å². The maximum absolute atomic E-state index is 12.5. The molecule has 2 aromatic carbocycles. The van der Waals surface area contributed by atoms with Crippen LogP contribution in [0.25, 0.3) is 5.57 Å². The minimum Gasteiger partial charge on any atom is -0.399 e. The van der Waals surface area contributed by atoms with E-state index in [4.69, 9.17) is 5.73 Å². The van der Waals surface area contributed by atoms with Gasteiger partial charge in [-0.15, -0.1) is 0 Å². The summed E-state index contributed by atoms with van der Waals surface area (Å²) in [5, 5.41) is 6.29. The second kappa shape index (κ2) is 7.91. The summed E-state index contributed by atoms with van der Waals surface area (Å²) in [6, 6.07) is 15.3. The number of amides is 1. The zero-order chi connectivity index (χ0) is 20.5. The number of fused-ring (bicyclic) bond motifs is 1. The summed E-state index contributed by atoms with van der Waals surface area (Å²) in [5.41, 5.74) is 12.0. The molecule has 0 radical (unpaired) electrons. The number of hydrogen-bond acceptors (Lipinski definition) is 4. The maximum atomic E-state index is 12.5. The van der Waals surface area contributed by atoms with E-state index in [-0.39, 0.29) is 5.91 Å². The first-order valence-electron chi connectivity index (χ1n) is 10.5. The Kier molecular flexibility index (Phi) is 5.33. The van der Waals surface area contributed by atoms with Crippen LogP contribution in [0.1, 0.15) is 51.2 Å². The number of carbonyl (C=O) groups excluding carboxylic acids is 1. The van der Waals surface area contributed by atoms with E-state index in [1.807, 2.05) is 19.1 Å². The molecule has 2 aliphatic rings. The van der Waals surface area contributed by atoms with Crippen LogP contribution in [-0.2, 0) is 11.3 Å². The molecule has 152 valence electrons. The van der Waals surface area contributed by atoms with E-state index in [0.29, 0.717) is 23.3 Å². The summed E-state index contributed by atoms with van der Waals surface area (Å²) in [4.78, 5) is 15.1. The zero-order valence-electron chi connectivity index (χ0n) is 17.5. The predicted molar refractivity (Wildman–Crippen MR) is 120 cm³/mol. The summed E-state index contributed by atoms with van der Waals surface area (Å²) in [7, 11) is 0. The summed E-state index contributed by atoms with van der Waals surface area (Å²) < 4.78 is 0. The summed E-state index contributed by atoms with van der Waals surface area (Å²) in [6.45, 7) is 7.58. The van der Waals surface area contributed by atoms with Crippen LogP contribution in [0.3, 0.4) is 0 Å². The van der Waals surface area contributed by atoms with Gasteiger partial charge >= 0.3 is 0 Å². The largest absolute Gasteiger partial charge is 0.399 e. The first-order chi connectivity index (χ1) is 13.9. The van der Waals surface area contributed by atoms with Crippen LogP contribution in [0, 0.1) is 0 Å². The highest BCUT2D eigenvalue weighted by Crippen LogP contribution is 2.35. The SMILES string of the molecule is C/C(Nc1ccc(CN2C(C)CCCC2C)cc1)=C1/C(=O)Nc2ccc(N)cc21. The van der Waals surface area contributed by atoms with Gasteiger partial charge in [0.1, 0.15) is 0 Å². The molecule has 4 rings (SSSR count). The van der Waals surface area contributed by atoms with Gasteiger partial charge in [0.2, 0.25) is 0 Å². The van der Waals surface area contributed by atoms with Crippen molar-refractivity contribution in [3.8, 4) is 0 Å². The van der Waals surface area contributed by atoms with E-state index in [9.17, 15) is 4.79 Å². The van der Waals surface area contributed by atoms with Gasteiger partial charge in [0.25, 0.3) is 5.91 Å². The quantitative estimate of drug-likeness (QED) is 0.517. The van der Waals surface area contributed by atoms with E-state index < -0.39 is 0 Å². The fourth-order valence-corrected chi connectivity index (χ4v) is 4.53. The van der Waals surface area contributed by atoms with Crippen LogP contribution in [-0.4, -0.2) is 22.9 Å². The van der Waals surface area contributed by atoms with E-state index in [1.54, 1.807) is 6.07 Å². The number of benzene rings is 2. The van der Waals surface area contributed by atoms with Crippen molar-refractivity contribution in [2.24, 2.45) is 0 Å². The second-order valence-electron chi connectivity index (χ2n) is 8.38. The zero-order valence-corrected chi connectivity index (χ0v) is 17.5. The molecule has 1 fully saturated rings. The van der Waals surface area contributed by atoms with Crippen molar-refractivity contribution in [1.82, 2.24) is 4.90 Å². The third-order valence-corrected chi connectivity index (χ3v) is 6.19. The van der Waals surface area contributed by atoms with Gasteiger partial charge in [-0.1, -0.05) is 18.6 Å². The van der Waals surface area contributed by atoms with Crippen molar-refractivity contribution in [3.05, 3.63) is 59.3 Å². The average Bonchev–Trinajstić information content (AvgIpc) is 3.01. The minimum absolute atomic E-state index is 0.0970. The molecular weight excluding hydrogens is 360 g/mol. The number of nitrogens with two attached hydrogens (primary N) is 1. The minimum atomic E-state index is -0.0970. The molecule has 2 atom stereocenters. The van der Waals surface area contributed by atoms with Crippen molar-refractivity contribution in [3.63, 3.8) is 0 Å². The van der Waals surface area contributed by atoms with Gasteiger partial charge in [0, 0.05) is 47.0 Å². The molecule has 0 aromatic heterocycles. The number of carbonyl (C=O) groups is 1. The molecule has 0 bridgehead atoms. The second-order valence-corrected chi connectivity index (χ2v) is 8.38. The Morgan fingerprint density at radius 3 is 2.52 bits per heavy atom. The number of allylic oxidation sites excluding steroid dienone is 1. The monoisotopic (exact) mass is 390 g/mol. The Morgan fingerprint density at radius 2 is 1.83 bits per heavy atom. The summed E-state index contributed by atoms with van der Waals surface area (Å²) >= 11 is 0. The fourth-order valence-electron chi connectivity index (χ4n) is 4.53. The molecule has 5 heteroatoms. The highest BCUT2D eigenvalue weighted by molar-refractivity contribution is 6.32. The average molecular weight is 391 g/mol. The third kappa shape index (κ3) is 4.01. The Hall–Kier alpha value is -2.79. The van der Waals surface area contributed by atoms with Crippen molar-refractivity contribution >= 4 is 28.5 Å². The Labute approximate surface area is 173 Å². The number of anilines is 3. The maximum Gasteiger partial charge on any atom is 0.258 e. The molecule has 5 nitrogen and oxygen atoms in total. The lowest BCUT2D eigenvalue weighted by Crippen LogP contribution is -2.42. The number of piperidine rings is 1. The smallest absolute Gasteiger partial charge is 0.258 e. The van der Waals surface area contributed by atoms with Gasteiger partial charge in [-0.05, 0) is 69.5 Å². The molecule has 2 aliphatic heterocycles. The topological polar surface area (TPSA) is 70.4 Å². The number of hydrogen-bond donors (Lipinski definition) is 3. The molecule has 0 saturated carbocycles. The van der Waals surface area contributed by atoms with Crippen molar-refractivity contribution < 1.29 is 4.79 Å². The van der Waals surface area contributed by atoms with Gasteiger partial charge in [-0.3, -0.25) is 9.69 Å². The Bertz CT molecular complexity index is 938. The first-order valence-corrected chi connectivity index (χ1v) is 10.5. The van der Waals surface area contributed by atoms with Crippen molar-refractivity contribution in [2.45, 2.75) is 58.7 Å². The molecule has 29 heavy (non-hydrogen) atoms. The number of nitrogens with zero attached hydrogens (tertiary/aromatic N) is 1. The Balaban J connectivity index is 1.50. The van der Waals surface area contributed by atoms with Gasteiger partial charge in [-0.2, -0.15) is 0 Å². The number of nitrogen functional groups attached to an aromatic ring is 1. The Morgan fingerprint density at radius 1 is 1.14 bits per heavy atom. The molecule has 2 heterocycles. The van der Waals surface area contributed by atoms with Gasteiger partial charge in [0.15, 0.2) is 0 Å². The number of nitrogens with one attached hydrogen (secondary N) is 2. The number of likely N-dealkylation sites (tertiary alicyclic amines) is 1. The molecule has 4 N–H and O–H groups in total. The van der Waals surface area contributed by atoms with E-state index in [0.717, 1.165) is 29.2 Å². The summed E-state index contributed by atoms with van der Waals surface area (Å²) in [5.74, 6) is -0.0970. The standard InChI is InChI=1S/C24H30N4O/c1-15-5-4-6-16(2)28(15)14-18-7-10-20(11-8-18)26-17(3)23-21-13-19(25)9-12-22(21)27-24(23)29/h7-13,15-16,26H,4-6,14,25H2,1-3H3,(H,27,29)/b23-17-. The normalized spacial score (nSPS) is 23.5. The van der Waals surface area contributed by atoms with Crippen molar-refractivity contribution in [1.29, 1.82) is 0 Å². The number of rotatable bonds is 4. The predicted octanol–water partition coefficient (Wildman–Crippen LogP) is 4.83. The van der Waals surface area contributed by atoms with Crippen molar-refractivity contribution in [2.75, 3.05) is 16.4 Å². The van der Waals surface area contributed by atoms with Gasteiger partial charge in [-0.25, -0.2) is 0 Å². The van der Waals surface area contributed by atoms with Crippen LogP contribution in [0.4, 0.5) is 17.1 Å². The third-order valence-electron chi connectivity index (χ3n) is 6.19. The highest BCUT2D eigenvalue weighted by Gasteiger charge is 2.27. The van der Waals surface area contributed by atoms with E-state index in [1.165, 1.54) is 24.8 Å². The fraction of sp³-hybridized carbons (Fsp3) is 0.375. The first kappa shape index (κ1) is 19.5. The molecule has 0 aliphatic carbocycles. The molecular formula is C24H30N4O. The highest BCUT2D eigenvalue weighted by atomic mass is 16.2. The lowest BCUT2D eigenvalue weighted by atomic mass is 9.97. The lowest BCUT2D eigenvalue weighted by molar-refractivity contribution is -0.110. The molecule has 1 amide bonds. The van der Waals surface area contributed by atoms with E-state index >= 15 is 0 Å². The van der Waals surface area contributed by atoms with Crippen LogP contribution < -0.4 is 16.4 Å².